The lowest BCUT2D eigenvalue weighted by molar-refractivity contribution is -0.121. The van der Waals surface area contributed by atoms with E-state index >= 15 is 0 Å². The maximum Gasteiger partial charge on any atom is 0.262 e. The van der Waals surface area contributed by atoms with Crippen LogP contribution in [0.2, 0.25) is 0 Å². The van der Waals surface area contributed by atoms with Crippen LogP contribution in [-0.2, 0) is 27.8 Å². The van der Waals surface area contributed by atoms with Crippen LogP contribution in [0, 0.1) is 0 Å². The number of nitrogens with zero attached hydrogens (tertiary/aromatic N) is 2. The highest BCUT2D eigenvalue weighted by molar-refractivity contribution is 7.89. The number of imide groups is 1. The number of methoxy groups -OCH3 is 1. The molecule has 2 heterocycles. The Kier molecular flexibility index (Phi) is 5.98. The van der Waals surface area contributed by atoms with Gasteiger partial charge in [-0.3, -0.25) is 19.3 Å². The summed E-state index contributed by atoms with van der Waals surface area (Å²) in [5.41, 5.74) is 2.51. The maximum atomic E-state index is 12.7. The van der Waals surface area contributed by atoms with Crippen LogP contribution >= 0.6 is 0 Å². The molecule has 2 aromatic carbocycles. The maximum absolute atomic E-state index is 12.7. The summed E-state index contributed by atoms with van der Waals surface area (Å²) in [7, 11) is -2.00. The van der Waals surface area contributed by atoms with Gasteiger partial charge in [0.15, 0.2) is 0 Å². The van der Waals surface area contributed by atoms with Gasteiger partial charge in [-0.05, 0) is 41.8 Å². The second-order valence-electron chi connectivity index (χ2n) is 7.63. The molecule has 0 aromatic heterocycles. The molecule has 168 valence electrons. The van der Waals surface area contributed by atoms with Crippen LogP contribution < -0.4 is 10.1 Å². The molecule has 0 saturated carbocycles. The molecule has 1 N–H and O–H groups in total. The third-order valence-corrected chi connectivity index (χ3v) is 7.46. The summed E-state index contributed by atoms with van der Waals surface area (Å²) in [4.78, 5) is 37.8. The van der Waals surface area contributed by atoms with E-state index in [2.05, 4.69) is 5.32 Å². The Hall–Kier alpha value is -3.24. The van der Waals surface area contributed by atoms with E-state index in [4.69, 9.17) is 4.74 Å². The van der Waals surface area contributed by atoms with Crippen LogP contribution in [0.3, 0.4) is 0 Å². The molecule has 2 aliphatic rings. The standard InChI is InChI=1S/C22H23N3O6S/c1-31-17-7-6-16-13-24(10-8-15(16)12-17)32(29,30)11-9-23-20(26)14-25-21(27)18-4-2-3-5-19(18)22(25)28/h2-7,12H,8-11,13-14H2,1H3,(H,23,26). The number of rotatable bonds is 7. The molecule has 2 aromatic rings. The van der Waals surface area contributed by atoms with Crippen molar-refractivity contribution in [3.8, 4) is 5.75 Å². The van der Waals surface area contributed by atoms with Gasteiger partial charge in [-0.1, -0.05) is 18.2 Å². The zero-order valence-corrected chi connectivity index (χ0v) is 18.4. The minimum atomic E-state index is -3.59. The Morgan fingerprint density at radius 1 is 1.06 bits per heavy atom. The van der Waals surface area contributed by atoms with Gasteiger partial charge in [0.25, 0.3) is 11.8 Å². The van der Waals surface area contributed by atoms with Gasteiger partial charge in [-0.2, -0.15) is 4.31 Å². The van der Waals surface area contributed by atoms with Gasteiger partial charge in [0.05, 0.1) is 24.0 Å². The Balaban J connectivity index is 1.30. The monoisotopic (exact) mass is 457 g/mol. The van der Waals surface area contributed by atoms with Crippen molar-refractivity contribution in [2.24, 2.45) is 0 Å². The Bertz CT molecular complexity index is 1160. The molecule has 9 nitrogen and oxygen atoms in total. The first kappa shape index (κ1) is 22.0. The highest BCUT2D eigenvalue weighted by Crippen LogP contribution is 2.25. The molecule has 0 fully saturated rings. The first-order valence-electron chi connectivity index (χ1n) is 10.2. The minimum Gasteiger partial charge on any atom is -0.497 e. The van der Waals surface area contributed by atoms with Crippen molar-refractivity contribution in [3.05, 3.63) is 64.7 Å². The number of hydrogen-bond donors (Lipinski definition) is 1. The summed E-state index contributed by atoms with van der Waals surface area (Å²) in [6, 6.07) is 11.9. The number of fused-ring (bicyclic) bond motifs is 2. The highest BCUT2D eigenvalue weighted by atomic mass is 32.2. The van der Waals surface area contributed by atoms with Gasteiger partial charge >= 0.3 is 0 Å². The summed E-state index contributed by atoms with van der Waals surface area (Å²) < 4.78 is 32.1. The molecule has 10 heteroatoms. The van der Waals surface area contributed by atoms with Gasteiger partial charge in [-0.25, -0.2) is 8.42 Å². The van der Waals surface area contributed by atoms with Gasteiger partial charge in [-0.15, -0.1) is 0 Å². The number of hydrogen-bond acceptors (Lipinski definition) is 6. The third kappa shape index (κ3) is 4.23. The molecule has 0 radical (unpaired) electrons. The lowest BCUT2D eigenvalue weighted by atomic mass is 10.0. The highest BCUT2D eigenvalue weighted by Gasteiger charge is 2.36. The number of nitrogens with one attached hydrogen (secondary N) is 1. The molecule has 0 bridgehead atoms. The topological polar surface area (TPSA) is 113 Å². The van der Waals surface area contributed by atoms with Crippen LogP contribution in [0.4, 0.5) is 0 Å². The Morgan fingerprint density at radius 2 is 1.75 bits per heavy atom. The van der Waals surface area contributed by atoms with Crippen molar-refractivity contribution in [2.75, 3.05) is 32.5 Å². The molecule has 0 atom stereocenters. The quantitative estimate of drug-likeness (QED) is 0.616. The fraction of sp³-hybridized carbons (Fsp3) is 0.318. The zero-order valence-electron chi connectivity index (χ0n) is 17.5. The average Bonchev–Trinajstić information content (AvgIpc) is 3.03. The van der Waals surface area contributed by atoms with Gasteiger partial charge in [0, 0.05) is 19.6 Å². The van der Waals surface area contributed by atoms with Crippen LogP contribution in [-0.4, -0.2) is 67.8 Å². The van der Waals surface area contributed by atoms with Gasteiger partial charge < -0.3 is 10.1 Å². The molecule has 0 saturated heterocycles. The number of amides is 3. The Labute approximate surface area is 186 Å². The summed E-state index contributed by atoms with van der Waals surface area (Å²) in [5, 5.41) is 2.50. The van der Waals surface area contributed by atoms with Crippen molar-refractivity contribution < 1.29 is 27.5 Å². The summed E-state index contributed by atoms with van der Waals surface area (Å²) in [6.45, 7) is 0.0533. The molecule has 32 heavy (non-hydrogen) atoms. The number of sulfonamides is 1. The zero-order chi connectivity index (χ0) is 22.9. The minimum absolute atomic E-state index is 0.115. The summed E-state index contributed by atoms with van der Waals surface area (Å²) in [6.07, 6.45) is 0.581. The van der Waals surface area contributed by atoms with E-state index in [0.29, 0.717) is 13.0 Å². The number of carbonyl (C=O) groups is 3. The number of ether oxygens (including phenoxy) is 1. The number of benzene rings is 2. The van der Waals surface area contributed by atoms with Crippen molar-refractivity contribution in [1.82, 2.24) is 14.5 Å². The number of carbonyl (C=O) groups excluding carboxylic acids is 3. The third-order valence-electron chi connectivity index (χ3n) is 5.65. The van der Waals surface area contributed by atoms with E-state index < -0.39 is 34.3 Å². The van der Waals surface area contributed by atoms with Gasteiger partial charge in [0.2, 0.25) is 15.9 Å². The van der Waals surface area contributed by atoms with Gasteiger partial charge in [0.1, 0.15) is 12.3 Å². The first-order chi connectivity index (χ1) is 15.3. The van der Waals surface area contributed by atoms with Crippen LogP contribution in [0.5, 0.6) is 5.75 Å². The molecule has 4 rings (SSSR count). The van der Waals surface area contributed by atoms with Crippen molar-refractivity contribution >= 4 is 27.7 Å². The largest absolute Gasteiger partial charge is 0.497 e. The first-order valence-corrected chi connectivity index (χ1v) is 11.8. The lowest BCUT2D eigenvalue weighted by Crippen LogP contribution is -2.43. The van der Waals surface area contributed by atoms with Crippen molar-refractivity contribution in [2.45, 2.75) is 13.0 Å². The van der Waals surface area contributed by atoms with E-state index in [1.807, 2.05) is 12.1 Å². The second-order valence-corrected chi connectivity index (χ2v) is 9.71. The summed E-state index contributed by atoms with van der Waals surface area (Å²) in [5.74, 6) is -1.19. The van der Waals surface area contributed by atoms with Crippen LogP contribution in [0.25, 0.3) is 0 Å². The molecule has 0 spiro atoms. The van der Waals surface area contributed by atoms with Crippen molar-refractivity contribution in [3.63, 3.8) is 0 Å². The fourth-order valence-corrected chi connectivity index (χ4v) is 5.22. The van der Waals surface area contributed by atoms with Crippen LogP contribution in [0.1, 0.15) is 31.8 Å². The fourth-order valence-electron chi connectivity index (χ4n) is 3.90. The van der Waals surface area contributed by atoms with E-state index in [1.165, 1.54) is 16.4 Å². The molecular weight excluding hydrogens is 434 g/mol. The van der Waals surface area contributed by atoms with Crippen LogP contribution in [0.15, 0.2) is 42.5 Å². The smallest absolute Gasteiger partial charge is 0.262 e. The SMILES string of the molecule is COc1ccc2c(c1)CCN(S(=O)(=O)CCNC(=O)CN1C(=O)c3ccccc3C1=O)C2. The van der Waals surface area contributed by atoms with E-state index in [0.717, 1.165) is 21.8 Å². The predicted octanol–water partition coefficient (Wildman–Crippen LogP) is 0.796. The average molecular weight is 458 g/mol. The second kappa shape index (κ2) is 8.71. The Morgan fingerprint density at radius 3 is 2.41 bits per heavy atom. The molecule has 0 unspecified atom stereocenters. The molecule has 0 aliphatic carbocycles. The lowest BCUT2D eigenvalue weighted by Gasteiger charge is -2.28. The molecule has 3 amide bonds. The van der Waals surface area contributed by atoms with E-state index in [-0.39, 0.29) is 30.0 Å². The molecule has 2 aliphatic heterocycles. The van der Waals surface area contributed by atoms with Crippen molar-refractivity contribution in [1.29, 1.82) is 0 Å². The van der Waals surface area contributed by atoms with E-state index in [9.17, 15) is 22.8 Å². The molecular formula is C22H23N3O6S. The normalized spacial score (nSPS) is 16.0. The van der Waals surface area contributed by atoms with E-state index in [1.54, 1.807) is 25.3 Å². The summed E-state index contributed by atoms with van der Waals surface area (Å²) >= 11 is 0. The predicted molar refractivity (Wildman–Crippen MR) is 116 cm³/mol.